The molecule has 0 saturated carbocycles. The van der Waals surface area contributed by atoms with Gasteiger partial charge in [-0.15, -0.1) is 10.2 Å². The molecule has 0 amide bonds. The first-order valence-corrected chi connectivity index (χ1v) is 7.09. The van der Waals surface area contributed by atoms with Gasteiger partial charge in [0.1, 0.15) is 15.8 Å². The fourth-order valence-electron chi connectivity index (χ4n) is 1.38. The van der Waals surface area contributed by atoms with E-state index >= 15 is 0 Å². The fourth-order valence-corrected chi connectivity index (χ4v) is 2.65. The van der Waals surface area contributed by atoms with E-state index in [-0.39, 0.29) is 10.6 Å². The highest BCUT2D eigenvalue weighted by molar-refractivity contribution is 9.09. The van der Waals surface area contributed by atoms with Crippen molar-refractivity contribution in [3.8, 4) is 10.6 Å². The lowest BCUT2D eigenvalue weighted by atomic mass is 10.1. The molecule has 2 rings (SSSR count). The minimum atomic E-state index is -0.204. The molecule has 0 aliphatic heterocycles. The summed E-state index contributed by atoms with van der Waals surface area (Å²) in [7, 11) is 0. The molecule has 0 saturated heterocycles. The first-order chi connectivity index (χ1) is 8.11. The highest BCUT2D eigenvalue weighted by atomic mass is 79.9. The van der Waals surface area contributed by atoms with Crippen molar-refractivity contribution in [1.82, 2.24) is 10.2 Å². The number of benzene rings is 1. The zero-order chi connectivity index (χ0) is 12.4. The van der Waals surface area contributed by atoms with Crippen LogP contribution >= 0.6 is 27.3 Å². The average Bonchev–Trinajstić information content (AvgIpc) is 2.81. The molecule has 0 aliphatic carbocycles. The number of hydrogen-bond acceptors (Lipinski definition) is 3. The van der Waals surface area contributed by atoms with Crippen LogP contribution < -0.4 is 0 Å². The standard InChI is InChI=1S/C12H12BrFN2S/c1-3-9(13)12-16-15-11(17-12)8-5-4-7(2)10(14)6-8/h4-6,9H,3H2,1-2H3. The Labute approximate surface area is 112 Å². The van der Waals surface area contributed by atoms with Gasteiger partial charge >= 0.3 is 0 Å². The molecule has 0 fully saturated rings. The van der Waals surface area contributed by atoms with Gasteiger partial charge in [0, 0.05) is 5.56 Å². The van der Waals surface area contributed by atoms with Crippen LogP contribution in [0.5, 0.6) is 0 Å². The number of alkyl halides is 1. The van der Waals surface area contributed by atoms with Crippen LogP contribution in [-0.4, -0.2) is 10.2 Å². The normalized spacial score (nSPS) is 12.7. The van der Waals surface area contributed by atoms with E-state index < -0.39 is 0 Å². The van der Waals surface area contributed by atoms with Crippen molar-refractivity contribution >= 4 is 27.3 Å². The van der Waals surface area contributed by atoms with E-state index in [1.165, 1.54) is 17.4 Å². The van der Waals surface area contributed by atoms with Crippen LogP contribution in [0.4, 0.5) is 4.39 Å². The molecule has 17 heavy (non-hydrogen) atoms. The first-order valence-electron chi connectivity index (χ1n) is 5.35. The minimum absolute atomic E-state index is 0.204. The summed E-state index contributed by atoms with van der Waals surface area (Å²) in [6, 6.07) is 5.14. The quantitative estimate of drug-likeness (QED) is 0.780. The zero-order valence-corrected chi connectivity index (χ0v) is 12.0. The van der Waals surface area contributed by atoms with Gasteiger partial charge in [-0.3, -0.25) is 0 Å². The third-order valence-electron chi connectivity index (χ3n) is 2.49. The van der Waals surface area contributed by atoms with Crippen molar-refractivity contribution in [1.29, 1.82) is 0 Å². The minimum Gasteiger partial charge on any atom is -0.207 e. The smallest absolute Gasteiger partial charge is 0.147 e. The molecule has 0 radical (unpaired) electrons. The van der Waals surface area contributed by atoms with Gasteiger partial charge in [0.05, 0.1) is 4.83 Å². The molecule has 90 valence electrons. The van der Waals surface area contributed by atoms with Crippen molar-refractivity contribution in [3.63, 3.8) is 0 Å². The Morgan fingerprint density at radius 1 is 1.41 bits per heavy atom. The van der Waals surface area contributed by atoms with E-state index in [9.17, 15) is 4.39 Å². The van der Waals surface area contributed by atoms with Crippen molar-refractivity contribution < 1.29 is 4.39 Å². The highest BCUT2D eigenvalue weighted by Crippen LogP contribution is 2.32. The van der Waals surface area contributed by atoms with Crippen molar-refractivity contribution in [2.45, 2.75) is 25.1 Å². The molecule has 2 aromatic rings. The molecular weight excluding hydrogens is 303 g/mol. The molecule has 0 N–H and O–H groups in total. The Balaban J connectivity index is 2.33. The average molecular weight is 315 g/mol. The summed E-state index contributed by atoms with van der Waals surface area (Å²) in [5.74, 6) is -0.204. The molecule has 1 atom stereocenters. The topological polar surface area (TPSA) is 25.8 Å². The van der Waals surface area contributed by atoms with E-state index in [2.05, 4.69) is 33.1 Å². The van der Waals surface area contributed by atoms with Gasteiger partial charge in [-0.25, -0.2) is 4.39 Å². The largest absolute Gasteiger partial charge is 0.207 e. The lowest BCUT2D eigenvalue weighted by Gasteiger charge is -1.99. The Morgan fingerprint density at radius 3 is 2.82 bits per heavy atom. The number of rotatable bonds is 3. The lowest BCUT2D eigenvalue weighted by molar-refractivity contribution is 0.619. The van der Waals surface area contributed by atoms with Crippen LogP contribution in [-0.2, 0) is 0 Å². The van der Waals surface area contributed by atoms with Crippen LogP contribution in [0.25, 0.3) is 10.6 Å². The van der Waals surface area contributed by atoms with Crippen LogP contribution in [0, 0.1) is 12.7 Å². The second-order valence-corrected chi connectivity index (χ2v) is 5.90. The van der Waals surface area contributed by atoms with Gasteiger partial charge < -0.3 is 0 Å². The van der Waals surface area contributed by atoms with Gasteiger partial charge in [0.15, 0.2) is 0 Å². The van der Waals surface area contributed by atoms with Crippen LogP contribution in [0.15, 0.2) is 18.2 Å². The summed E-state index contributed by atoms with van der Waals surface area (Å²) < 4.78 is 13.4. The van der Waals surface area contributed by atoms with E-state index in [0.29, 0.717) is 5.56 Å². The molecular formula is C12H12BrFN2S. The monoisotopic (exact) mass is 314 g/mol. The molecule has 0 aliphatic rings. The molecule has 0 spiro atoms. The SMILES string of the molecule is CCC(Br)c1nnc(-c2ccc(C)c(F)c2)s1. The lowest BCUT2D eigenvalue weighted by Crippen LogP contribution is -1.85. The first kappa shape index (κ1) is 12.6. The van der Waals surface area contributed by atoms with Gasteiger partial charge in [-0.1, -0.05) is 46.3 Å². The Morgan fingerprint density at radius 2 is 2.18 bits per heavy atom. The molecule has 2 nitrogen and oxygen atoms in total. The second-order valence-electron chi connectivity index (χ2n) is 3.79. The second kappa shape index (κ2) is 5.23. The van der Waals surface area contributed by atoms with Crippen molar-refractivity contribution in [2.75, 3.05) is 0 Å². The van der Waals surface area contributed by atoms with Crippen molar-refractivity contribution in [2.24, 2.45) is 0 Å². The zero-order valence-electron chi connectivity index (χ0n) is 9.58. The maximum atomic E-state index is 13.4. The fraction of sp³-hybridized carbons (Fsp3) is 0.333. The highest BCUT2D eigenvalue weighted by Gasteiger charge is 2.13. The summed E-state index contributed by atoms with van der Waals surface area (Å²) in [6.07, 6.45) is 0.955. The van der Waals surface area contributed by atoms with E-state index in [0.717, 1.165) is 22.0 Å². The molecule has 1 heterocycles. The van der Waals surface area contributed by atoms with Crippen LogP contribution in [0.3, 0.4) is 0 Å². The number of halogens is 2. The number of hydrogen-bond donors (Lipinski definition) is 0. The summed E-state index contributed by atoms with van der Waals surface area (Å²) >= 11 is 5.03. The molecule has 1 unspecified atom stereocenters. The molecule has 0 bridgehead atoms. The molecule has 1 aromatic heterocycles. The van der Waals surface area contributed by atoms with E-state index in [1.807, 2.05) is 6.07 Å². The van der Waals surface area contributed by atoms with Crippen LogP contribution in [0.1, 0.15) is 28.7 Å². The summed E-state index contributed by atoms with van der Waals surface area (Å²) in [5.41, 5.74) is 1.43. The summed E-state index contributed by atoms with van der Waals surface area (Å²) in [5, 5.41) is 9.91. The van der Waals surface area contributed by atoms with E-state index in [1.54, 1.807) is 13.0 Å². The number of aryl methyl sites for hydroxylation is 1. The van der Waals surface area contributed by atoms with Crippen molar-refractivity contribution in [3.05, 3.63) is 34.6 Å². The molecule has 1 aromatic carbocycles. The maximum Gasteiger partial charge on any atom is 0.147 e. The van der Waals surface area contributed by atoms with Gasteiger partial charge in [0.25, 0.3) is 0 Å². The predicted octanol–water partition coefficient (Wildman–Crippen LogP) is 4.50. The van der Waals surface area contributed by atoms with E-state index in [4.69, 9.17) is 0 Å². The Hall–Kier alpha value is -0.810. The van der Waals surface area contributed by atoms with Gasteiger partial charge in [-0.05, 0) is 25.0 Å². The van der Waals surface area contributed by atoms with Crippen LogP contribution in [0.2, 0.25) is 0 Å². The van der Waals surface area contributed by atoms with Gasteiger partial charge in [-0.2, -0.15) is 0 Å². The third kappa shape index (κ3) is 2.72. The molecule has 5 heteroatoms. The Kier molecular flexibility index (Phi) is 3.89. The van der Waals surface area contributed by atoms with Gasteiger partial charge in [0.2, 0.25) is 0 Å². The number of nitrogens with zero attached hydrogens (tertiary/aromatic N) is 2. The number of aromatic nitrogens is 2. The summed E-state index contributed by atoms with van der Waals surface area (Å²) in [6.45, 7) is 3.82. The Bertz CT molecular complexity index is 527. The summed E-state index contributed by atoms with van der Waals surface area (Å²) in [4.78, 5) is 0.226. The maximum absolute atomic E-state index is 13.4. The third-order valence-corrected chi connectivity index (χ3v) is 4.96. The predicted molar refractivity (Wildman–Crippen MR) is 72.0 cm³/mol.